The molecule has 0 fully saturated rings. The van der Waals surface area contributed by atoms with Crippen molar-refractivity contribution in [1.82, 2.24) is 9.97 Å². The van der Waals surface area contributed by atoms with Gasteiger partial charge in [-0.2, -0.15) is 0 Å². The SMILES string of the molecule is c1ccc(-c2cccc(-c3cc(-c4ccc5oc6ccccc6c5c4)cc(-c4cc(-c5ccc6c(c5)-c5ccccc5C65c6ccccc6-c6ccccc65)nc(-c5ccccc5)n4)c3)c2)cc1. The van der Waals surface area contributed by atoms with Gasteiger partial charge in [0.15, 0.2) is 5.82 Å². The van der Waals surface area contributed by atoms with Gasteiger partial charge in [0.2, 0.25) is 0 Å². The fraction of sp³-hybridized carbons (Fsp3) is 0.0154. The Bertz CT molecular complexity index is 3930. The van der Waals surface area contributed by atoms with E-state index in [1.165, 1.54) is 55.6 Å². The van der Waals surface area contributed by atoms with E-state index in [1.54, 1.807) is 0 Å². The van der Waals surface area contributed by atoms with Crippen molar-refractivity contribution in [3.63, 3.8) is 0 Å². The molecule has 316 valence electrons. The third kappa shape index (κ3) is 5.86. The number of aromatic nitrogens is 2. The van der Waals surface area contributed by atoms with Crippen molar-refractivity contribution < 1.29 is 4.42 Å². The molecule has 0 unspecified atom stereocenters. The number of furan rings is 1. The summed E-state index contributed by atoms with van der Waals surface area (Å²) < 4.78 is 6.28. The van der Waals surface area contributed by atoms with Crippen molar-refractivity contribution >= 4 is 21.9 Å². The molecule has 0 radical (unpaired) electrons. The van der Waals surface area contributed by atoms with Crippen LogP contribution in [-0.4, -0.2) is 9.97 Å². The van der Waals surface area contributed by atoms with E-state index in [1.807, 2.05) is 18.2 Å². The van der Waals surface area contributed by atoms with Crippen LogP contribution in [0.5, 0.6) is 0 Å². The Hall–Kier alpha value is -8.92. The Morgan fingerprint density at radius 1 is 0.265 bits per heavy atom. The zero-order chi connectivity index (χ0) is 44.8. The molecule has 0 N–H and O–H groups in total. The molecule has 0 saturated carbocycles. The Morgan fingerprint density at radius 3 is 1.43 bits per heavy atom. The van der Waals surface area contributed by atoms with Gasteiger partial charge in [-0.1, -0.05) is 188 Å². The van der Waals surface area contributed by atoms with Crippen molar-refractivity contribution in [1.29, 1.82) is 0 Å². The smallest absolute Gasteiger partial charge is 0.160 e. The number of nitrogens with zero attached hydrogens (tertiary/aromatic N) is 2. The van der Waals surface area contributed by atoms with Gasteiger partial charge in [0.05, 0.1) is 16.8 Å². The van der Waals surface area contributed by atoms with Gasteiger partial charge in [0.25, 0.3) is 0 Å². The van der Waals surface area contributed by atoms with Gasteiger partial charge in [-0.25, -0.2) is 9.97 Å². The fourth-order valence-corrected chi connectivity index (χ4v) is 11.2. The average Bonchev–Trinajstić information content (AvgIpc) is 4.05. The minimum Gasteiger partial charge on any atom is -0.456 e. The van der Waals surface area contributed by atoms with Gasteiger partial charge in [0, 0.05) is 27.5 Å². The summed E-state index contributed by atoms with van der Waals surface area (Å²) in [7, 11) is 0. The van der Waals surface area contributed by atoms with Crippen LogP contribution in [0.3, 0.4) is 0 Å². The summed E-state index contributed by atoms with van der Waals surface area (Å²) in [5.74, 6) is 0.679. The quantitative estimate of drug-likeness (QED) is 0.167. The van der Waals surface area contributed by atoms with Crippen LogP contribution in [0, 0.1) is 0 Å². The second kappa shape index (κ2) is 15.1. The van der Waals surface area contributed by atoms with Crippen molar-refractivity contribution in [2.75, 3.05) is 0 Å². The molecule has 0 amide bonds. The van der Waals surface area contributed by atoms with Crippen molar-refractivity contribution in [3.8, 4) is 89.5 Å². The summed E-state index contributed by atoms with van der Waals surface area (Å²) in [6.07, 6.45) is 0. The topological polar surface area (TPSA) is 38.9 Å². The molecule has 68 heavy (non-hydrogen) atoms. The maximum absolute atomic E-state index is 6.28. The van der Waals surface area contributed by atoms with E-state index >= 15 is 0 Å². The van der Waals surface area contributed by atoms with Gasteiger partial charge in [-0.05, 0) is 132 Å². The van der Waals surface area contributed by atoms with Gasteiger partial charge < -0.3 is 4.42 Å². The van der Waals surface area contributed by atoms with Crippen molar-refractivity contribution in [2.45, 2.75) is 5.41 Å². The Morgan fingerprint density at radius 2 is 0.735 bits per heavy atom. The zero-order valence-electron chi connectivity index (χ0n) is 36.9. The van der Waals surface area contributed by atoms with E-state index in [-0.39, 0.29) is 0 Å². The first-order valence-corrected chi connectivity index (χ1v) is 23.3. The molecule has 2 heterocycles. The first kappa shape index (κ1) is 38.4. The standard InChI is InChI=1S/C65H40N2O/c1-3-16-41(17-4-1)43-20-15-21-44(34-43)47-35-48(45-31-33-63-55(38-45)53-25-10-14-29-62(53)68-63)37-49(36-47)61-40-60(66-64(67-61)42-18-5-2-6-19-42)46-30-32-59-54(39-46)52-24-9-13-28-58(52)65(59)56-26-11-7-22-50(56)51-23-8-12-27-57(51)65/h1-40H. The van der Waals surface area contributed by atoms with Crippen LogP contribution in [-0.2, 0) is 5.41 Å². The molecular weight excluding hydrogens is 825 g/mol. The van der Waals surface area contributed by atoms with Crippen LogP contribution >= 0.6 is 0 Å². The number of para-hydroxylation sites is 1. The third-order valence-electron chi connectivity index (χ3n) is 14.3. The van der Waals surface area contributed by atoms with Crippen LogP contribution in [0.15, 0.2) is 247 Å². The number of hydrogen-bond donors (Lipinski definition) is 0. The molecule has 10 aromatic carbocycles. The van der Waals surface area contributed by atoms with Gasteiger partial charge in [-0.15, -0.1) is 0 Å². The average molecular weight is 865 g/mol. The van der Waals surface area contributed by atoms with Crippen LogP contribution < -0.4 is 0 Å². The maximum Gasteiger partial charge on any atom is 0.160 e. The summed E-state index contributed by atoms with van der Waals surface area (Å²) in [5, 5.41) is 2.20. The first-order valence-electron chi connectivity index (χ1n) is 23.3. The van der Waals surface area contributed by atoms with E-state index in [4.69, 9.17) is 14.4 Å². The van der Waals surface area contributed by atoms with Crippen LogP contribution in [0.4, 0.5) is 0 Å². The highest BCUT2D eigenvalue weighted by molar-refractivity contribution is 6.06. The second-order valence-electron chi connectivity index (χ2n) is 18.0. The van der Waals surface area contributed by atoms with E-state index in [2.05, 4.69) is 224 Å². The molecule has 3 heteroatoms. The number of benzene rings is 10. The summed E-state index contributed by atoms with van der Waals surface area (Å²) in [4.78, 5) is 10.8. The molecular formula is C65H40N2O. The lowest BCUT2D eigenvalue weighted by atomic mass is 9.70. The van der Waals surface area contributed by atoms with E-state index < -0.39 is 5.41 Å². The minimum atomic E-state index is -0.413. The molecule has 3 nitrogen and oxygen atoms in total. The summed E-state index contributed by atoms with van der Waals surface area (Å²) in [6, 6.07) is 87.6. The fourth-order valence-electron chi connectivity index (χ4n) is 11.2. The van der Waals surface area contributed by atoms with Gasteiger partial charge >= 0.3 is 0 Å². The normalized spacial score (nSPS) is 12.8. The Balaban J connectivity index is 0.975. The van der Waals surface area contributed by atoms with Crippen molar-refractivity contribution in [3.05, 3.63) is 265 Å². The molecule has 0 saturated heterocycles. The molecule has 0 bridgehead atoms. The zero-order valence-corrected chi connectivity index (χ0v) is 36.9. The summed E-state index contributed by atoms with van der Waals surface area (Å²) in [5.41, 5.74) is 23.2. The lowest BCUT2D eigenvalue weighted by Gasteiger charge is -2.30. The largest absolute Gasteiger partial charge is 0.456 e. The molecule has 1 spiro atoms. The van der Waals surface area contributed by atoms with E-state index in [9.17, 15) is 0 Å². The lowest BCUT2D eigenvalue weighted by Crippen LogP contribution is -2.25. The highest BCUT2D eigenvalue weighted by Crippen LogP contribution is 2.63. The molecule has 12 aromatic rings. The lowest BCUT2D eigenvalue weighted by molar-refractivity contribution is 0.669. The van der Waals surface area contributed by atoms with Crippen molar-refractivity contribution in [2.24, 2.45) is 0 Å². The highest BCUT2D eigenvalue weighted by Gasteiger charge is 2.51. The molecule has 2 aliphatic rings. The maximum atomic E-state index is 6.28. The number of fused-ring (bicyclic) bond motifs is 13. The Labute approximate surface area is 394 Å². The summed E-state index contributed by atoms with van der Waals surface area (Å²) in [6.45, 7) is 0. The predicted octanol–water partition coefficient (Wildman–Crippen LogP) is 16.7. The van der Waals surface area contributed by atoms with Gasteiger partial charge in [-0.3, -0.25) is 0 Å². The number of rotatable bonds is 6. The third-order valence-corrected chi connectivity index (χ3v) is 14.3. The van der Waals surface area contributed by atoms with E-state index in [0.717, 1.165) is 72.3 Å². The molecule has 2 aliphatic carbocycles. The minimum absolute atomic E-state index is 0.413. The number of hydrogen-bond acceptors (Lipinski definition) is 3. The molecule has 0 aliphatic heterocycles. The van der Waals surface area contributed by atoms with Gasteiger partial charge in [0.1, 0.15) is 11.2 Å². The van der Waals surface area contributed by atoms with Crippen LogP contribution in [0.2, 0.25) is 0 Å². The predicted molar refractivity (Wildman–Crippen MR) is 278 cm³/mol. The van der Waals surface area contributed by atoms with E-state index in [0.29, 0.717) is 5.82 Å². The van der Waals surface area contributed by atoms with Crippen LogP contribution in [0.1, 0.15) is 22.3 Å². The molecule has 0 atom stereocenters. The molecule has 14 rings (SSSR count). The first-order chi connectivity index (χ1) is 33.7. The molecule has 2 aromatic heterocycles. The second-order valence-corrected chi connectivity index (χ2v) is 18.0. The monoisotopic (exact) mass is 864 g/mol. The highest BCUT2D eigenvalue weighted by atomic mass is 16.3. The Kier molecular flexibility index (Phi) is 8.50. The summed E-state index contributed by atoms with van der Waals surface area (Å²) >= 11 is 0. The van der Waals surface area contributed by atoms with Crippen LogP contribution in [0.25, 0.3) is 111 Å².